The molecule has 5 rings (SSSR count). The molecule has 1 fully saturated rings. The van der Waals surface area contributed by atoms with Gasteiger partial charge in [0, 0.05) is 37.0 Å². The zero-order valence-corrected chi connectivity index (χ0v) is 21.0. The first-order valence-electron chi connectivity index (χ1n) is 12.5. The van der Waals surface area contributed by atoms with Gasteiger partial charge in [-0.15, -0.1) is 0 Å². The summed E-state index contributed by atoms with van der Waals surface area (Å²) in [6.45, 7) is 6.19. The summed E-state index contributed by atoms with van der Waals surface area (Å²) < 4.78 is 25.4. The maximum absolute atomic E-state index is 12.6. The number of hydrogen-bond acceptors (Lipinski definition) is 8. The Morgan fingerprint density at radius 3 is 2.86 bits per heavy atom. The highest BCUT2D eigenvalue weighted by Gasteiger charge is 2.46. The van der Waals surface area contributed by atoms with Gasteiger partial charge in [0.25, 0.3) is 0 Å². The van der Waals surface area contributed by atoms with Crippen molar-refractivity contribution >= 4 is 11.5 Å². The van der Waals surface area contributed by atoms with Crippen LogP contribution in [0.1, 0.15) is 37.8 Å². The summed E-state index contributed by atoms with van der Waals surface area (Å²) in [5.74, 6) is 1.38. The average molecular weight is 496 g/mol. The van der Waals surface area contributed by atoms with E-state index in [-0.39, 0.29) is 18.3 Å². The number of carbonyl (C=O) groups is 1. The van der Waals surface area contributed by atoms with Crippen LogP contribution in [0.15, 0.2) is 42.7 Å². The molecule has 0 unspecified atom stereocenters. The molecular weight excluding hydrogens is 462 g/mol. The zero-order chi connectivity index (χ0) is 25.3. The van der Waals surface area contributed by atoms with Gasteiger partial charge in [-0.25, -0.2) is 9.78 Å². The molecule has 2 aromatic rings. The maximum Gasteiger partial charge on any atom is 0.374 e. The minimum atomic E-state index is -0.998. The highest BCUT2D eigenvalue weighted by atomic mass is 16.6. The summed E-state index contributed by atoms with van der Waals surface area (Å²) in [5, 5.41) is 14.9. The van der Waals surface area contributed by atoms with Crippen molar-refractivity contribution < 1.29 is 28.8 Å². The lowest BCUT2D eigenvalue weighted by Crippen LogP contribution is -2.51. The van der Waals surface area contributed by atoms with Crippen molar-refractivity contribution in [2.45, 2.75) is 51.4 Å². The number of imidazole rings is 1. The number of rotatable bonds is 7. The molecule has 0 amide bonds. The van der Waals surface area contributed by atoms with Gasteiger partial charge >= 0.3 is 5.97 Å². The van der Waals surface area contributed by atoms with Crippen LogP contribution in [0.2, 0.25) is 0 Å². The number of esters is 1. The molecule has 2 atom stereocenters. The number of fused-ring (bicyclic) bond motifs is 2. The molecule has 3 aliphatic heterocycles. The van der Waals surface area contributed by atoms with Gasteiger partial charge in [-0.2, -0.15) is 0 Å². The second kappa shape index (κ2) is 9.99. The van der Waals surface area contributed by atoms with Crippen LogP contribution in [0.25, 0.3) is 5.57 Å². The average Bonchev–Trinajstić information content (AvgIpc) is 3.56. The summed E-state index contributed by atoms with van der Waals surface area (Å²) in [5.41, 5.74) is 1.42. The topological polar surface area (TPSA) is 104 Å². The van der Waals surface area contributed by atoms with Crippen molar-refractivity contribution in [3.05, 3.63) is 53.8 Å². The normalized spacial score (nSPS) is 22.1. The fourth-order valence-electron chi connectivity index (χ4n) is 5.33. The van der Waals surface area contributed by atoms with E-state index in [1.54, 1.807) is 38.7 Å². The molecule has 0 bridgehead atoms. The number of benzene rings is 1. The molecule has 0 spiro atoms. The number of piperidine rings is 1. The summed E-state index contributed by atoms with van der Waals surface area (Å²) in [4.78, 5) is 16.7. The van der Waals surface area contributed by atoms with Crippen LogP contribution in [-0.2, 0) is 22.5 Å². The molecule has 3 aliphatic rings. The van der Waals surface area contributed by atoms with Crippen molar-refractivity contribution in [2.24, 2.45) is 5.92 Å². The van der Waals surface area contributed by atoms with Crippen LogP contribution in [0, 0.1) is 5.92 Å². The van der Waals surface area contributed by atoms with E-state index in [1.165, 1.54) is 0 Å². The number of aliphatic hydroxyl groups is 1. The van der Waals surface area contributed by atoms with Gasteiger partial charge in [0.15, 0.2) is 0 Å². The van der Waals surface area contributed by atoms with Crippen LogP contribution in [-0.4, -0.2) is 59.1 Å². The Balaban J connectivity index is 1.52. The lowest BCUT2D eigenvalue weighted by molar-refractivity contribution is -0.141. The third-order valence-corrected chi connectivity index (χ3v) is 7.34. The fourth-order valence-corrected chi connectivity index (χ4v) is 5.33. The predicted molar refractivity (Wildman–Crippen MR) is 133 cm³/mol. The second-order valence-electron chi connectivity index (χ2n) is 9.57. The maximum atomic E-state index is 12.6. The Hall–Kier alpha value is -3.30. The van der Waals surface area contributed by atoms with Crippen LogP contribution in [0.4, 0.5) is 0 Å². The molecule has 9 nitrogen and oxygen atoms in total. The van der Waals surface area contributed by atoms with Gasteiger partial charge in [0.05, 0.1) is 25.6 Å². The third kappa shape index (κ3) is 4.49. The second-order valence-corrected chi connectivity index (χ2v) is 9.57. The summed E-state index contributed by atoms with van der Waals surface area (Å²) in [6, 6.07) is 1.79. The number of carbonyl (C=O) groups excluding carboxylic acids is 1. The minimum Gasteiger partial charge on any atom is -0.496 e. The van der Waals surface area contributed by atoms with Crippen molar-refractivity contribution in [3.63, 3.8) is 0 Å². The molecule has 4 heterocycles. The Morgan fingerprint density at radius 2 is 2.17 bits per heavy atom. The molecule has 1 saturated heterocycles. The summed E-state index contributed by atoms with van der Waals surface area (Å²) in [6.07, 6.45) is 10.9. The summed E-state index contributed by atoms with van der Waals surface area (Å²) >= 11 is 0. The first-order chi connectivity index (χ1) is 17.4. The van der Waals surface area contributed by atoms with Crippen molar-refractivity contribution in [1.29, 1.82) is 0 Å². The smallest absolute Gasteiger partial charge is 0.374 e. The van der Waals surface area contributed by atoms with Gasteiger partial charge < -0.3 is 33.9 Å². The molecule has 1 aromatic carbocycles. The number of allylic oxidation sites excluding steroid dienone is 3. The third-order valence-electron chi connectivity index (χ3n) is 7.34. The van der Waals surface area contributed by atoms with E-state index in [4.69, 9.17) is 18.9 Å². The van der Waals surface area contributed by atoms with Gasteiger partial charge in [0.1, 0.15) is 29.0 Å². The number of nitrogens with zero attached hydrogens (tertiary/aromatic N) is 2. The molecule has 9 heteroatoms. The molecule has 192 valence electrons. The number of nitrogens with one attached hydrogen (secondary N) is 1. The largest absolute Gasteiger partial charge is 0.496 e. The highest BCUT2D eigenvalue weighted by Crippen LogP contribution is 2.51. The van der Waals surface area contributed by atoms with Crippen LogP contribution in [0.3, 0.4) is 0 Å². The number of ether oxygens (including phenoxy) is 4. The van der Waals surface area contributed by atoms with Crippen molar-refractivity contribution in [2.75, 3.05) is 26.8 Å². The molecule has 2 N–H and O–H groups in total. The van der Waals surface area contributed by atoms with E-state index in [1.807, 2.05) is 23.8 Å². The van der Waals surface area contributed by atoms with Crippen LogP contribution < -0.4 is 19.5 Å². The van der Waals surface area contributed by atoms with E-state index in [0.717, 1.165) is 42.6 Å². The van der Waals surface area contributed by atoms with Gasteiger partial charge in [0.2, 0.25) is 5.76 Å². The SMILES string of the molecule is CCOC(=O)C1=C/C(=C\Cn2ccnc2)c2c(cc3c(c2OC)C[C@@H]([C@](C)(O)C2CCNCC2)O3)O1. The lowest BCUT2D eigenvalue weighted by Gasteiger charge is -2.39. The summed E-state index contributed by atoms with van der Waals surface area (Å²) in [7, 11) is 1.62. The van der Waals surface area contributed by atoms with Gasteiger partial charge in [-0.05, 0) is 57.3 Å². The van der Waals surface area contributed by atoms with E-state index in [0.29, 0.717) is 30.2 Å². The molecular formula is C27H33N3O6. The predicted octanol–water partition coefficient (Wildman–Crippen LogP) is 2.87. The monoisotopic (exact) mass is 495 g/mol. The van der Waals surface area contributed by atoms with Crippen LogP contribution in [0.5, 0.6) is 17.2 Å². The lowest BCUT2D eigenvalue weighted by atomic mass is 9.77. The Labute approximate surface area is 210 Å². The Bertz CT molecular complexity index is 1180. The molecule has 36 heavy (non-hydrogen) atoms. The first-order valence-corrected chi connectivity index (χ1v) is 12.5. The number of aromatic nitrogens is 2. The van der Waals surface area contributed by atoms with Gasteiger partial charge in [-0.1, -0.05) is 6.08 Å². The number of methoxy groups -OCH3 is 1. The van der Waals surface area contributed by atoms with Crippen molar-refractivity contribution in [3.8, 4) is 17.2 Å². The van der Waals surface area contributed by atoms with E-state index in [2.05, 4.69) is 10.3 Å². The molecule has 0 aliphatic carbocycles. The molecule has 0 saturated carbocycles. The molecule has 0 radical (unpaired) electrons. The molecule has 1 aromatic heterocycles. The number of hydrogen-bond donors (Lipinski definition) is 2. The quantitative estimate of drug-likeness (QED) is 0.565. The Kier molecular flexibility index (Phi) is 6.77. The highest BCUT2D eigenvalue weighted by molar-refractivity contribution is 5.95. The zero-order valence-electron chi connectivity index (χ0n) is 21.0. The van der Waals surface area contributed by atoms with Crippen LogP contribution >= 0.6 is 0 Å². The van der Waals surface area contributed by atoms with E-state index in [9.17, 15) is 9.90 Å². The van der Waals surface area contributed by atoms with E-state index < -0.39 is 17.7 Å². The van der Waals surface area contributed by atoms with Crippen molar-refractivity contribution in [1.82, 2.24) is 14.9 Å². The van der Waals surface area contributed by atoms with E-state index >= 15 is 0 Å². The standard InChI is InChI=1S/C27H33N3O6/c1-4-34-26(31)22-13-17(7-11-30-12-10-29-16-30)24-21(35-22)15-20-19(25(24)33-3)14-23(36-20)27(2,32)18-5-8-28-9-6-18/h7,10,12-13,15-16,18,23,28,32H,4-6,8-9,11,14H2,1-3H3/b17-7+/t23-,27+/m0/s1. The minimum absolute atomic E-state index is 0.0967. The fraction of sp³-hybridized carbons (Fsp3) is 0.481. The first kappa shape index (κ1) is 24.4. The van der Waals surface area contributed by atoms with Gasteiger partial charge in [-0.3, -0.25) is 0 Å². The Morgan fingerprint density at radius 1 is 1.36 bits per heavy atom.